The highest BCUT2D eigenvalue weighted by molar-refractivity contribution is 8.00. The van der Waals surface area contributed by atoms with Gasteiger partial charge in [-0.25, -0.2) is 4.79 Å². The number of thiol groups is 1. The summed E-state index contributed by atoms with van der Waals surface area (Å²) in [6, 6.07) is 6.07. The van der Waals surface area contributed by atoms with Crippen LogP contribution in [0.1, 0.15) is 22.1 Å². The number of esters is 1. The van der Waals surface area contributed by atoms with Gasteiger partial charge < -0.3 is 10.1 Å². The maximum Gasteiger partial charge on any atom is 0.383 e. The second-order valence-electron chi connectivity index (χ2n) is 4.66. The molecule has 21 heavy (non-hydrogen) atoms. The Morgan fingerprint density at radius 3 is 2.48 bits per heavy atom. The minimum absolute atomic E-state index is 0.341. The molecule has 1 aromatic carbocycles. The second kappa shape index (κ2) is 7.15. The van der Waals surface area contributed by atoms with Crippen LogP contribution >= 0.6 is 24.4 Å². The van der Waals surface area contributed by atoms with E-state index >= 15 is 0 Å². The van der Waals surface area contributed by atoms with Crippen molar-refractivity contribution in [2.45, 2.75) is 16.7 Å². The zero-order chi connectivity index (χ0) is 15.4. The monoisotopic (exact) mass is 328 g/mol. The van der Waals surface area contributed by atoms with E-state index in [4.69, 9.17) is 0 Å². The Morgan fingerprint density at radius 2 is 2.05 bits per heavy atom. The summed E-state index contributed by atoms with van der Waals surface area (Å²) in [5.41, 5.74) is 0.729. The third kappa shape index (κ3) is 3.90. The molecule has 0 saturated carbocycles. The standard InChI is InChI=1S/C8H5NO4.C5H11NS2/c10-8-6-3-1-5(2-4-6)7(13-8)9(11)12;1-8-5-3-6-2-4(5)7/h1-4,7H;4-7H,2-3H2,1H3. The van der Waals surface area contributed by atoms with Gasteiger partial charge in [0, 0.05) is 23.6 Å². The molecule has 4 rings (SSSR count). The van der Waals surface area contributed by atoms with E-state index in [9.17, 15) is 14.9 Å². The van der Waals surface area contributed by atoms with Gasteiger partial charge in [0.1, 0.15) is 0 Å². The Morgan fingerprint density at radius 1 is 1.38 bits per heavy atom. The average molecular weight is 328 g/mol. The summed E-state index contributed by atoms with van der Waals surface area (Å²) in [5, 5.41) is 15.1. The van der Waals surface area contributed by atoms with Crippen LogP contribution in [0.4, 0.5) is 0 Å². The van der Waals surface area contributed by atoms with E-state index in [0.717, 1.165) is 18.3 Å². The van der Waals surface area contributed by atoms with Crippen molar-refractivity contribution in [2.75, 3.05) is 19.3 Å². The number of benzene rings is 1. The number of carbonyl (C=O) groups excluding carboxylic acids is 1. The van der Waals surface area contributed by atoms with Gasteiger partial charge in [0.15, 0.2) is 0 Å². The number of fused-ring (bicyclic) bond motifs is 4. The van der Waals surface area contributed by atoms with E-state index in [1.807, 2.05) is 11.8 Å². The fourth-order valence-corrected chi connectivity index (χ4v) is 3.36. The van der Waals surface area contributed by atoms with E-state index in [0.29, 0.717) is 16.4 Å². The van der Waals surface area contributed by atoms with Gasteiger partial charge in [-0.05, 0) is 30.5 Å². The predicted octanol–water partition coefficient (Wildman–Crippen LogP) is 1.75. The van der Waals surface area contributed by atoms with Crippen LogP contribution in [0.25, 0.3) is 0 Å². The highest BCUT2D eigenvalue weighted by atomic mass is 32.2. The van der Waals surface area contributed by atoms with Gasteiger partial charge in [-0.3, -0.25) is 10.1 Å². The summed E-state index contributed by atoms with van der Waals surface area (Å²) in [4.78, 5) is 20.9. The molecule has 3 aliphatic rings. The summed E-state index contributed by atoms with van der Waals surface area (Å²) in [6.45, 7) is 2.21. The van der Waals surface area contributed by atoms with E-state index in [2.05, 4.69) is 28.9 Å². The molecule has 8 heteroatoms. The number of carbonyl (C=O) groups is 1. The van der Waals surface area contributed by atoms with Gasteiger partial charge in [-0.1, -0.05) is 0 Å². The molecule has 114 valence electrons. The zero-order valence-corrected chi connectivity index (χ0v) is 13.1. The molecule has 0 spiro atoms. The first-order valence-corrected chi connectivity index (χ1v) is 8.19. The van der Waals surface area contributed by atoms with E-state index in [1.165, 1.54) is 24.3 Å². The van der Waals surface area contributed by atoms with Gasteiger partial charge in [0.2, 0.25) is 0 Å². The lowest BCUT2D eigenvalue weighted by atomic mass is 10.1. The smallest absolute Gasteiger partial charge is 0.383 e. The van der Waals surface area contributed by atoms with Crippen LogP contribution in [0.3, 0.4) is 0 Å². The number of ether oxygens (including phenoxy) is 1. The summed E-state index contributed by atoms with van der Waals surface area (Å²) in [5.74, 6) is -0.651. The minimum atomic E-state index is -1.36. The molecule has 1 fully saturated rings. The molecule has 1 saturated heterocycles. The molecule has 0 aromatic heterocycles. The number of rotatable bonds is 2. The second-order valence-corrected chi connectivity index (χ2v) is 6.40. The van der Waals surface area contributed by atoms with Crippen LogP contribution in [0, 0.1) is 10.1 Å². The lowest BCUT2D eigenvalue weighted by molar-refractivity contribution is -0.574. The van der Waals surface area contributed by atoms with Crippen LogP contribution in [-0.2, 0) is 4.74 Å². The first-order valence-electron chi connectivity index (χ1n) is 6.39. The molecule has 1 N–H and O–H groups in total. The number of hydrogen-bond acceptors (Lipinski definition) is 7. The number of nitro groups is 1. The van der Waals surface area contributed by atoms with Crippen LogP contribution in [0.2, 0.25) is 0 Å². The van der Waals surface area contributed by atoms with Gasteiger partial charge in [0.05, 0.1) is 16.1 Å². The highest BCUT2D eigenvalue weighted by Crippen LogP contribution is 2.24. The molecule has 2 bridgehead atoms. The number of hydrogen-bond donors (Lipinski definition) is 2. The van der Waals surface area contributed by atoms with Gasteiger partial charge in [0.25, 0.3) is 0 Å². The maximum atomic E-state index is 11.1. The van der Waals surface area contributed by atoms with Crippen molar-refractivity contribution in [3.05, 3.63) is 45.5 Å². The number of nitrogens with zero attached hydrogens (tertiary/aromatic N) is 1. The summed E-state index contributed by atoms with van der Waals surface area (Å²) >= 11 is 6.29. The molecule has 3 unspecified atom stereocenters. The predicted molar refractivity (Wildman–Crippen MR) is 84.5 cm³/mol. The third-order valence-corrected chi connectivity index (χ3v) is 5.12. The molecule has 0 radical (unpaired) electrons. The van der Waals surface area contributed by atoms with Crippen molar-refractivity contribution >= 4 is 30.4 Å². The Kier molecular flexibility index (Phi) is 5.49. The van der Waals surface area contributed by atoms with Gasteiger partial charge in [-0.2, -0.15) is 24.4 Å². The van der Waals surface area contributed by atoms with Crippen molar-refractivity contribution in [3.63, 3.8) is 0 Å². The van der Waals surface area contributed by atoms with Gasteiger partial charge >= 0.3 is 12.2 Å². The fraction of sp³-hybridized carbons (Fsp3) is 0.462. The van der Waals surface area contributed by atoms with Crippen LogP contribution < -0.4 is 5.32 Å². The van der Waals surface area contributed by atoms with E-state index in [1.54, 1.807) is 0 Å². The molecular formula is C13H16N2O4S2. The molecule has 0 amide bonds. The first kappa shape index (κ1) is 16.1. The zero-order valence-electron chi connectivity index (χ0n) is 11.4. The van der Waals surface area contributed by atoms with Crippen LogP contribution in [0.15, 0.2) is 24.3 Å². The third-order valence-electron chi connectivity index (χ3n) is 3.27. The molecular weight excluding hydrogens is 312 g/mol. The normalized spacial score (nSPS) is 26.6. The minimum Gasteiger partial charge on any atom is -0.390 e. The number of nitrogens with one attached hydrogen (secondary N) is 1. The molecule has 3 aliphatic heterocycles. The lowest BCUT2D eigenvalue weighted by Crippen LogP contribution is -2.15. The van der Waals surface area contributed by atoms with Crippen molar-refractivity contribution in [2.24, 2.45) is 0 Å². The van der Waals surface area contributed by atoms with Crippen molar-refractivity contribution in [1.29, 1.82) is 0 Å². The molecule has 6 nitrogen and oxygen atoms in total. The molecule has 0 aliphatic carbocycles. The first-order chi connectivity index (χ1) is 10.0. The highest BCUT2D eigenvalue weighted by Gasteiger charge is 2.31. The fourth-order valence-electron chi connectivity index (χ4n) is 2.07. The largest absolute Gasteiger partial charge is 0.390 e. The lowest BCUT2D eigenvalue weighted by Gasteiger charge is -2.07. The van der Waals surface area contributed by atoms with E-state index in [-0.39, 0.29) is 0 Å². The molecule has 3 atom stereocenters. The SMILES string of the molecule is CSC1CNCC1S.O=C1OC([N+](=O)[O-])c2ccc1cc2. The topological polar surface area (TPSA) is 81.5 Å². The summed E-state index contributed by atoms with van der Waals surface area (Å²) in [6.07, 6.45) is 0.779. The number of thioether (sulfide) groups is 1. The Labute approximate surface area is 132 Å². The summed E-state index contributed by atoms with van der Waals surface area (Å²) in [7, 11) is 0. The van der Waals surface area contributed by atoms with Crippen molar-refractivity contribution < 1.29 is 14.5 Å². The van der Waals surface area contributed by atoms with Gasteiger partial charge in [-0.15, -0.1) is 0 Å². The Hall–Kier alpha value is -1.25. The quantitative estimate of drug-likeness (QED) is 0.373. The van der Waals surface area contributed by atoms with Crippen LogP contribution in [0.5, 0.6) is 0 Å². The molecule has 3 heterocycles. The van der Waals surface area contributed by atoms with Crippen molar-refractivity contribution in [1.82, 2.24) is 5.32 Å². The van der Waals surface area contributed by atoms with Crippen molar-refractivity contribution in [3.8, 4) is 0 Å². The Balaban J connectivity index is 0.000000173. The maximum absolute atomic E-state index is 11.1. The van der Waals surface area contributed by atoms with Crippen LogP contribution in [-0.4, -0.2) is 40.7 Å². The summed E-state index contributed by atoms with van der Waals surface area (Å²) < 4.78 is 4.62. The average Bonchev–Trinajstić information content (AvgIpc) is 2.75. The van der Waals surface area contributed by atoms with E-state index < -0.39 is 17.1 Å². The Bertz CT molecular complexity index is 523. The molecule has 1 aromatic rings.